The molecule has 1 aromatic rings. The van der Waals surface area contributed by atoms with E-state index in [9.17, 15) is 5.11 Å². The molecule has 3 nitrogen and oxygen atoms in total. The van der Waals surface area contributed by atoms with Crippen LogP contribution in [0.25, 0.3) is 0 Å². The summed E-state index contributed by atoms with van der Waals surface area (Å²) >= 11 is 3.26. The van der Waals surface area contributed by atoms with E-state index in [0.717, 1.165) is 10.0 Å². The lowest BCUT2D eigenvalue weighted by atomic mass is 10.1. The van der Waals surface area contributed by atoms with Crippen LogP contribution in [0, 0.1) is 0 Å². The second kappa shape index (κ2) is 3.89. The van der Waals surface area contributed by atoms with Gasteiger partial charge in [0.05, 0.1) is 6.10 Å². The second-order valence-electron chi connectivity index (χ2n) is 2.53. The average Bonchev–Trinajstić information content (AvgIpc) is 2.08. The number of benzene rings is 1. The summed E-state index contributed by atoms with van der Waals surface area (Å²) in [5.41, 5.74) is 12.3. The lowest BCUT2D eigenvalue weighted by molar-refractivity contribution is 0.187. The Morgan fingerprint density at radius 1 is 1.50 bits per heavy atom. The number of hydrogen-bond donors (Lipinski definition) is 3. The number of aliphatic hydroxyl groups is 1. The summed E-state index contributed by atoms with van der Waals surface area (Å²) in [6.07, 6.45) is -0.625. The van der Waals surface area contributed by atoms with E-state index >= 15 is 0 Å². The van der Waals surface area contributed by atoms with E-state index in [4.69, 9.17) is 11.5 Å². The molecule has 0 radical (unpaired) electrons. The van der Waals surface area contributed by atoms with E-state index < -0.39 is 6.10 Å². The number of rotatable bonds is 2. The van der Waals surface area contributed by atoms with Crippen molar-refractivity contribution >= 4 is 21.6 Å². The van der Waals surface area contributed by atoms with Crippen LogP contribution in [0.2, 0.25) is 0 Å². The lowest BCUT2D eigenvalue weighted by Gasteiger charge is -2.08. The van der Waals surface area contributed by atoms with Crippen LogP contribution in [0.1, 0.15) is 11.7 Å². The Hall–Kier alpha value is -0.580. The molecule has 0 saturated heterocycles. The van der Waals surface area contributed by atoms with Gasteiger partial charge in [0.2, 0.25) is 0 Å². The van der Waals surface area contributed by atoms with Crippen LogP contribution in [0.15, 0.2) is 22.7 Å². The van der Waals surface area contributed by atoms with E-state index in [1.807, 2.05) is 0 Å². The van der Waals surface area contributed by atoms with E-state index in [0.29, 0.717) is 5.69 Å². The van der Waals surface area contributed by atoms with Crippen molar-refractivity contribution in [2.75, 3.05) is 12.3 Å². The number of anilines is 1. The maximum Gasteiger partial charge on any atom is 0.0912 e. The van der Waals surface area contributed by atoms with Gasteiger partial charge in [0.1, 0.15) is 0 Å². The zero-order valence-corrected chi connectivity index (χ0v) is 8.08. The van der Waals surface area contributed by atoms with Crippen molar-refractivity contribution in [1.29, 1.82) is 0 Å². The lowest BCUT2D eigenvalue weighted by Crippen LogP contribution is -2.11. The van der Waals surface area contributed by atoms with Gasteiger partial charge in [0.15, 0.2) is 0 Å². The van der Waals surface area contributed by atoms with Gasteiger partial charge in [-0.25, -0.2) is 0 Å². The fourth-order valence-electron chi connectivity index (χ4n) is 0.906. The molecule has 0 heterocycles. The summed E-state index contributed by atoms with van der Waals surface area (Å²) in [5.74, 6) is 0. The molecule has 0 saturated carbocycles. The molecule has 5 N–H and O–H groups in total. The maximum atomic E-state index is 9.35. The predicted octanol–water partition coefficient (Wildman–Crippen LogP) is 1.02. The molecule has 0 bridgehead atoms. The minimum atomic E-state index is -0.625. The van der Waals surface area contributed by atoms with Gasteiger partial charge in [-0.2, -0.15) is 0 Å². The van der Waals surface area contributed by atoms with E-state index in [1.54, 1.807) is 18.2 Å². The van der Waals surface area contributed by atoms with Crippen molar-refractivity contribution in [2.24, 2.45) is 5.73 Å². The van der Waals surface area contributed by atoms with Crippen molar-refractivity contribution in [2.45, 2.75) is 6.10 Å². The fraction of sp³-hybridized carbons (Fsp3) is 0.250. The van der Waals surface area contributed by atoms with Gasteiger partial charge in [-0.05, 0) is 33.6 Å². The SMILES string of the molecule is NCC(O)c1ccc(Br)c(N)c1. The number of nitrogen functional groups attached to an aromatic ring is 1. The van der Waals surface area contributed by atoms with Gasteiger partial charge < -0.3 is 16.6 Å². The smallest absolute Gasteiger partial charge is 0.0912 e. The molecule has 1 unspecified atom stereocenters. The zero-order chi connectivity index (χ0) is 9.14. The quantitative estimate of drug-likeness (QED) is 0.665. The number of aliphatic hydroxyl groups excluding tert-OH is 1. The maximum absolute atomic E-state index is 9.35. The van der Waals surface area contributed by atoms with E-state index in [2.05, 4.69) is 15.9 Å². The van der Waals surface area contributed by atoms with Crippen molar-refractivity contribution in [3.63, 3.8) is 0 Å². The summed E-state index contributed by atoms with van der Waals surface area (Å²) in [6, 6.07) is 5.29. The summed E-state index contributed by atoms with van der Waals surface area (Å²) < 4.78 is 0.829. The monoisotopic (exact) mass is 230 g/mol. The number of nitrogens with two attached hydrogens (primary N) is 2. The molecule has 0 amide bonds. The van der Waals surface area contributed by atoms with Gasteiger partial charge in [-0.15, -0.1) is 0 Å². The predicted molar refractivity (Wildman–Crippen MR) is 52.6 cm³/mol. The largest absolute Gasteiger partial charge is 0.398 e. The van der Waals surface area contributed by atoms with Gasteiger partial charge >= 0.3 is 0 Å². The van der Waals surface area contributed by atoms with Crippen LogP contribution in [-0.4, -0.2) is 11.7 Å². The molecule has 0 aromatic heterocycles. The van der Waals surface area contributed by atoms with Crippen molar-refractivity contribution in [1.82, 2.24) is 0 Å². The first kappa shape index (κ1) is 9.51. The first-order valence-electron chi connectivity index (χ1n) is 3.58. The Balaban J connectivity index is 2.96. The van der Waals surface area contributed by atoms with Crippen LogP contribution >= 0.6 is 15.9 Å². The van der Waals surface area contributed by atoms with Crippen LogP contribution < -0.4 is 11.5 Å². The molecular formula is C8H11BrN2O. The Bertz CT molecular complexity index is 278. The molecule has 0 fully saturated rings. The van der Waals surface area contributed by atoms with Crippen molar-refractivity contribution in [3.05, 3.63) is 28.2 Å². The molecule has 66 valence electrons. The Morgan fingerprint density at radius 3 is 2.67 bits per heavy atom. The highest BCUT2D eigenvalue weighted by Crippen LogP contribution is 2.23. The van der Waals surface area contributed by atoms with E-state index in [-0.39, 0.29) is 6.54 Å². The highest BCUT2D eigenvalue weighted by atomic mass is 79.9. The van der Waals surface area contributed by atoms with Crippen LogP contribution in [0.4, 0.5) is 5.69 Å². The first-order chi connectivity index (χ1) is 5.65. The minimum absolute atomic E-state index is 0.209. The first-order valence-corrected chi connectivity index (χ1v) is 4.37. The summed E-state index contributed by atoms with van der Waals surface area (Å²) in [5, 5.41) is 9.35. The molecule has 0 aliphatic rings. The summed E-state index contributed by atoms with van der Waals surface area (Å²) in [6.45, 7) is 0.209. The zero-order valence-electron chi connectivity index (χ0n) is 6.50. The second-order valence-corrected chi connectivity index (χ2v) is 3.39. The third-order valence-electron chi connectivity index (χ3n) is 1.63. The molecule has 0 aliphatic heterocycles. The third kappa shape index (κ3) is 1.97. The van der Waals surface area contributed by atoms with Gasteiger partial charge in [-0.1, -0.05) is 6.07 Å². The van der Waals surface area contributed by atoms with Crippen molar-refractivity contribution < 1.29 is 5.11 Å². The molecule has 1 atom stereocenters. The van der Waals surface area contributed by atoms with E-state index in [1.165, 1.54) is 0 Å². The Morgan fingerprint density at radius 2 is 2.17 bits per heavy atom. The minimum Gasteiger partial charge on any atom is -0.398 e. The fourth-order valence-corrected chi connectivity index (χ4v) is 1.15. The molecule has 1 rings (SSSR count). The molecule has 1 aromatic carbocycles. The van der Waals surface area contributed by atoms with Gasteiger partial charge in [0.25, 0.3) is 0 Å². The topological polar surface area (TPSA) is 72.3 Å². The van der Waals surface area contributed by atoms with Crippen LogP contribution in [0.3, 0.4) is 0 Å². The number of hydrogen-bond acceptors (Lipinski definition) is 3. The number of halogens is 1. The summed E-state index contributed by atoms with van der Waals surface area (Å²) in [4.78, 5) is 0. The average molecular weight is 231 g/mol. The van der Waals surface area contributed by atoms with Gasteiger partial charge in [-0.3, -0.25) is 0 Å². The Kier molecular flexibility index (Phi) is 3.08. The molecule has 0 aliphatic carbocycles. The molecule has 12 heavy (non-hydrogen) atoms. The van der Waals surface area contributed by atoms with Crippen LogP contribution in [0.5, 0.6) is 0 Å². The molecule has 4 heteroatoms. The third-order valence-corrected chi connectivity index (χ3v) is 2.35. The Labute approximate surface area is 79.5 Å². The normalized spacial score (nSPS) is 12.9. The standard InChI is InChI=1S/C8H11BrN2O/c9-6-2-1-5(3-7(6)11)8(12)4-10/h1-3,8,12H,4,10-11H2. The van der Waals surface area contributed by atoms with Crippen LogP contribution in [-0.2, 0) is 0 Å². The van der Waals surface area contributed by atoms with Gasteiger partial charge in [0, 0.05) is 16.7 Å². The summed E-state index contributed by atoms with van der Waals surface area (Å²) in [7, 11) is 0. The van der Waals surface area contributed by atoms with Crippen molar-refractivity contribution in [3.8, 4) is 0 Å². The molecule has 0 spiro atoms. The molecular weight excluding hydrogens is 220 g/mol. The highest BCUT2D eigenvalue weighted by molar-refractivity contribution is 9.10. The highest BCUT2D eigenvalue weighted by Gasteiger charge is 2.05.